The largest absolute Gasteiger partial charge is 0.466 e. The van der Waals surface area contributed by atoms with Gasteiger partial charge in [-0.3, -0.25) is 4.79 Å². The molecule has 0 bridgehead atoms. The first-order valence-corrected chi connectivity index (χ1v) is 6.61. The molecule has 1 atom stereocenters. The van der Waals surface area contributed by atoms with Gasteiger partial charge in [0.15, 0.2) is 0 Å². The van der Waals surface area contributed by atoms with Crippen LogP contribution in [0.5, 0.6) is 0 Å². The number of carbonyl (C=O) groups excluding carboxylic acids is 1. The van der Waals surface area contributed by atoms with Gasteiger partial charge in [0.05, 0.1) is 13.0 Å². The second-order valence-corrected chi connectivity index (χ2v) is 4.39. The van der Waals surface area contributed by atoms with Crippen LogP contribution in [0.1, 0.15) is 20.3 Å². The lowest BCUT2D eigenvalue weighted by Crippen LogP contribution is -2.23. The van der Waals surface area contributed by atoms with Crippen molar-refractivity contribution >= 4 is 5.97 Å². The van der Waals surface area contributed by atoms with E-state index in [1.165, 1.54) is 0 Å². The van der Waals surface area contributed by atoms with E-state index in [1.807, 2.05) is 51.6 Å². The van der Waals surface area contributed by atoms with E-state index < -0.39 is 0 Å². The van der Waals surface area contributed by atoms with E-state index in [-0.39, 0.29) is 12.0 Å². The third-order valence-corrected chi connectivity index (χ3v) is 2.71. The van der Waals surface area contributed by atoms with Gasteiger partial charge in [-0.15, -0.1) is 0 Å². The zero-order valence-electron chi connectivity index (χ0n) is 12.7. The van der Waals surface area contributed by atoms with Crippen molar-refractivity contribution in [2.45, 2.75) is 26.3 Å². The van der Waals surface area contributed by atoms with Crippen molar-refractivity contribution in [1.82, 2.24) is 15.1 Å². The van der Waals surface area contributed by atoms with Crippen LogP contribution in [0.25, 0.3) is 0 Å². The third kappa shape index (κ3) is 8.99. The van der Waals surface area contributed by atoms with Gasteiger partial charge < -0.3 is 19.9 Å². The van der Waals surface area contributed by atoms with E-state index in [0.717, 1.165) is 0 Å². The summed E-state index contributed by atoms with van der Waals surface area (Å²) in [7, 11) is 5.83. The molecule has 0 heterocycles. The van der Waals surface area contributed by atoms with Crippen molar-refractivity contribution in [2.75, 3.05) is 34.3 Å². The number of rotatable bonds is 9. The molecular formula is C14H27N3O2. The van der Waals surface area contributed by atoms with Gasteiger partial charge in [0, 0.05) is 46.1 Å². The summed E-state index contributed by atoms with van der Waals surface area (Å²) in [5, 5.41) is 2.95. The second-order valence-electron chi connectivity index (χ2n) is 4.39. The van der Waals surface area contributed by atoms with Crippen LogP contribution in [0.2, 0.25) is 0 Å². The predicted molar refractivity (Wildman–Crippen MR) is 78.4 cm³/mol. The highest BCUT2D eigenvalue weighted by Crippen LogP contribution is 2.00. The van der Waals surface area contributed by atoms with Crippen LogP contribution in [0, 0.1) is 0 Å². The van der Waals surface area contributed by atoms with Crippen molar-refractivity contribution in [3.8, 4) is 0 Å². The smallest absolute Gasteiger partial charge is 0.307 e. The van der Waals surface area contributed by atoms with Crippen LogP contribution in [0.3, 0.4) is 0 Å². The number of likely N-dealkylation sites (N-methyl/N-ethyl adjacent to an activating group) is 1. The van der Waals surface area contributed by atoms with E-state index in [2.05, 4.69) is 23.2 Å². The fourth-order valence-electron chi connectivity index (χ4n) is 1.31. The Balaban J connectivity index is 4.03. The normalized spacial score (nSPS) is 12.7. The summed E-state index contributed by atoms with van der Waals surface area (Å²) in [6.45, 7) is 5.03. The number of carbonyl (C=O) groups is 1. The fraction of sp³-hybridized carbons (Fsp3) is 0.643. The van der Waals surface area contributed by atoms with Crippen molar-refractivity contribution in [3.63, 3.8) is 0 Å². The monoisotopic (exact) mass is 269 g/mol. The van der Waals surface area contributed by atoms with Gasteiger partial charge in [-0.05, 0) is 26.1 Å². The first kappa shape index (κ1) is 17.4. The molecule has 110 valence electrons. The number of nitrogens with zero attached hydrogens (tertiary/aromatic N) is 2. The van der Waals surface area contributed by atoms with Crippen LogP contribution < -0.4 is 5.32 Å². The van der Waals surface area contributed by atoms with Crippen molar-refractivity contribution < 1.29 is 9.53 Å². The first-order valence-electron chi connectivity index (χ1n) is 6.61. The molecule has 1 unspecified atom stereocenters. The average molecular weight is 269 g/mol. The Morgan fingerprint density at radius 1 is 1.37 bits per heavy atom. The van der Waals surface area contributed by atoms with Crippen LogP contribution in [-0.2, 0) is 9.53 Å². The van der Waals surface area contributed by atoms with E-state index in [0.29, 0.717) is 19.6 Å². The van der Waals surface area contributed by atoms with Crippen LogP contribution in [0.15, 0.2) is 24.7 Å². The lowest BCUT2D eigenvalue weighted by atomic mass is 10.3. The molecule has 0 aliphatic heterocycles. The molecule has 5 nitrogen and oxygen atoms in total. The summed E-state index contributed by atoms with van der Waals surface area (Å²) in [4.78, 5) is 15.3. The zero-order chi connectivity index (χ0) is 14.7. The molecule has 0 saturated heterocycles. The van der Waals surface area contributed by atoms with Crippen LogP contribution in [0.4, 0.5) is 0 Å². The highest BCUT2D eigenvalue weighted by molar-refractivity contribution is 5.69. The number of ether oxygens (including phenoxy) is 1. The molecule has 0 spiro atoms. The summed E-state index contributed by atoms with van der Waals surface area (Å²) in [6, 6.07) is 0.287. The Hall–Kier alpha value is -1.65. The third-order valence-electron chi connectivity index (χ3n) is 2.71. The predicted octanol–water partition coefficient (Wildman–Crippen LogP) is 1.40. The van der Waals surface area contributed by atoms with Gasteiger partial charge >= 0.3 is 5.97 Å². The minimum atomic E-state index is -0.148. The summed E-state index contributed by atoms with van der Waals surface area (Å²) < 4.78 is 4.89. The fourth-order valence-corrected chi connectivity index (χ4v) is 1.31. The maximum absolute atomic E-state index is 11.2. The molecule has 0 aromatic rings. The molecule has 0 fully saturated rings. The molecule has 19 heavy (non-hydrogen) atoms. The van der Waals surface area contributed by atoms with Crippen LogP contribution >= 0.6 is 0 Å². The van der Waals surface area contributed by atoms with Crippen LogP contribution in [-0.4, -0.2) is 56.1 Å². The van der Waals surface area contributed by atoms with Gasteiger partial charge in [0.2, 0.25) is 0 Å². The molecule has 1 N–H and O–H groups in total. The molecule has 0 saturated carbocycles. The molecule has 0 aromatic heterocycles. The van der Waals surface area contributed by atoms with E-state index in [1.54, 1.807) is 0 Å². The van der Waals surface area contributed by atoms with Crippen molar-refractivity contribution in [1.29, 1.82) is 0 Å². The standard InChI is InChI=1S/C14H27N3O2/c1-6-19-14(18)8-11-16(4)10-7-13(2)17(5)12-9-15-3/h7,9-10,12-13,15H,6,8,11H2,1-5H3/b10-7+,12-9+. The Bertz CT molecular complexity index is 303. The Kier molecular flexibility index (Phi) is 9.40. The Morgan fingerprint density at radius 3 is 2.63 bits per heavy atom. The molecular weight excluding hydrogens is 242 g/mol. The average Bonchev–Trinajstić information content (AvgIpc) is 2.40. The lowest BCUT2D eigenvalue weighted by molar-refractivity contribution is -0.143. The molecule has 0 aromatic carbocycles. The molecule has 0 rings (SSSR count). The maximum atomic E-state index is 11.2. The second kappa shape index (κ2) is 10.3. The van der Waals surface area contributed by atoms with Gasteiger partial charge in [0.25, 0.3) is 0 Å². The minimum Gasteiger partial charge on any atom is -0.466 e. The SMILES string of the molecule is CCOC(=O)CCN(C)/C=C/C(C)N(C)/C=C/NC. The number of hydrogen-bond acceptors (Lipinski definition) is 5. The van der Waals surface area contributed by atoms with E-state index >= 15 is 0 Å². The molecule has 0 radical (unpaired) electrons. The molecule has 0 amide bonds. The topological polar surface area (TPSA) is 44.8 Å². The van der Waals surface area contributed by atoms with Gasteiger partial charge in [-0.2, -0.15) is 0 Å². The minimum absolute atomic E-state index is 0.148. The summed E-state index contributed by atoms with van der Waals surface area (Å²) in [5.74, 6) is -0.148. The number of nitrogens with one attached hydrogen (secondary N) is 1. The summed E-state index contributed by atoms with van der Waals surface area (Å²) in [6.07, 6.45) is 8.36. The van der Waals surface area contributed by atoms with E-state index in [4.69, 9.17) is 4.74 Å². The quantitative estimate of drug-likeness (QED) is 0.641. The van der Waals surface area contributed by atoms with Gasteiger partial charge in [-0.1, -0.05) is 0 Å². The highest BCUT2D eigenvalue weighted by atomic mass is 16.5. The Morgan fingerprint density at radius 2 is 2.05 bits per heavy atom. The summed E-state index contributed by atoms with van der Waals surface area (Å²) >= 11 is 0. The lowest BCUT2D eigenvalue weighted by Gasteiger charge is -2.21. The molecule has 0 aliphatic rings. The Labute approximate surface area is 116 Å². The first-order chi connectivity index (χ1) is 9.01. The highest BCUT2D eigenvalue weighted by Gasteiger charge is 2.03. The summed E-state index contributed by atoms with van der Waals surface area (Å²) in [5.41, 5.74) is 0. The maximum Gasteiger partial charge on any atom is 0.307 e. The molecule has 0 aliphatic carbocycles. The number of esters is 1. The van der Waals surface area contributed by atoms with Crippen molar-refractivity contribution in [3.05, 3.63) is 24.7 Å². The van der Waals surface area contributed by atoms with E-state index in [9.17, 15) is 4.79 Å². The molecule has 5 heteroatoms. The number of hydrogen-bond donors (Lipinski definition) is 1. The van der Waals surface area contributed by atoms with Crippen molar-refractivity contribution in [2.24, 2.45) is 0 Å². The zero-order valence-corrected chi connectivity index (χ0v) is 12.7. The van der Waals surface area contributed by atoms with Gasteiger partial charge in [0.1, 0.15) is 0 Å². The van der Waals surface area contributed by atoms with Gasteiger partial charge in [-0.25, -0.2) is 0 Å².